The van der Waals surface area contributed by atoms with Gasteiger partial charge >= 0.3 is 59.7 Å². The van der Waals surface area contributed by atoms with E-state index in [1.54, 1.807) is 67.5 Å². The molecule has 5 aromatic rings. The molecule has 0 aromatic heterocycles. The fourth-order valence-corrected chi connectivity index (χ4v) is 9.33. The van der Waals surface area contributed by atoms with Crippen LogP contribution in [0.1, 0.15) is 132 Å². The van der Waals surface area contributed by atoms with Gasteiger partial charge in [-0.3, -0.25) is 19.2 Å². The zero-order valence-electron chi connectivity index (χ0n) is 49.5. The summed E-state index contributed by atoms with van der Waals surface area (Å²) in [5.41, 5.74) is -8.15. The molecule has 1 N–H and O–H groups in total. The molecule has 0 radical (unpaired) electrons. The minimum Gasteiger partial charge on any atom is -0.469 e. The molecule has 0 spiro atoms. The molecule has 3 unspecified atom stereocenters. The summed E-state index contributed by atoms with van der Waals surface area (Å²) in [4.78, 5) is 90.8. The van der Waals surface area contributed by atoms with E-state index in [1.807, 2.05) is 0 Å². The molecule has 486 valence electrons. The van der Waals surface area contributed by atoms with E-state index in [-0.39, 0.29) is 70.5 Å². The second kappa shape index (κ2) is 29.8. The van der Waals surface area contributed by atoms with E-state index in [1.165, 1.54) is 74.7 Å². The maximum atomic E-state index is 14.2. The van der Waals surface area contributed by atoms with Gasteiger partial charge < -0.3 is 43.2 Å². The predicted octanol–water partition coefficient (Wildman–Crippen LogP) is 14.5. The molecule has 30 heteroatoms. The molecular weight excluding hydrogens is 1330 g/mol. The normalized spacial score (nSPS) is 17.9. The van der Waals surface area contributed by atoms with Crippen LogP contribution in [0.5, 0.6) is 0 Å². The van der Waals surface area contributed by atoms with E-state index >= 15 is 0 Å². The first-order chi connectivity index (χ1) is 41.4. The minimum absolute atomic E-state index is 0.0547. The van der Waals surface area contributed by atoms with Crippen molar-refractivity contribution in [2.24, 2.45) is 10.3 Å². The van der Waals surface area contributed by atoms with E-state index in [2.05, 4.69) is 15.0 Å². The molecule has 0 bridgehead atoms. The number of nitrogens with zero attached hydrogens (tertiary/aromatic N) is 2. The van der Waals surface area contributed by atoms with Gasteiger partial charge in [-0.2, -0.15) is 26.3 Å². The number of aliphatic hydroxyl groups excluding tert-OH is 1. The number of hydrogen-bond acceptors (Lipinski definition) is 18. The average Bonchev–Trinajstić information content (AvgIpc) is 1.78. The number of oxime groups is 2. The first-order valence-corrected chi connectivity index (χ1v) is 28.4. The molecule has 3 aliphatic rings. The first-order valence-electron chi connectivity index (χ1n) is 25.8. The minimum atomic E-state index is -5.16. The highest BCUT2D eigenvalue weighted by Gasteiger charge is 2.70. The summed E-state index contributed by atoms with van der Waals surface area (Å²) >= 11 is 33.0. The van der Waals surface area contributed by atoms with Crippen molar-refractivity contribution in [2.45, 2.75) is 123 Å². The first kappa shape index (κ1) is 75.3. The number of carbonyl (C=O) groups excluding carboxylic acids is 7. The number of rotatable bonds is 8. The van der Waals surface area contributed by atoms with Crippen LogP contribution >= 0.6 is 69.6 Å². The van der Waals surface area contributed by atoms with Crippen molar-refractivity contribution in [1.29, 1.82) is 0 Å². The van der Waals surface area contributed by atoms with E-state index in [0.717, 1.165) is 38.1 Å². The van der Waals surface area contributed by atoms with Crippen molar-refractivity contribution in [3.8, 4) is 0 Å². The number of ether oxygens (including phenoxy) is 6. The molecule has 8 rings (SSSR count). The van der Waals surface area contributed by atoms with Crippen LogP contribution in [0.2, 0.25) is 20.1 Å². The number of esters is 6. The molecule has 0 saturated heterocycles. The summed E-state index contributed by atoms with van der Waals surface area (Å²) in [6.07, 6.45) is -12.4. The standard InChI is InChI=1S/C22H20Cl2F3NO4.C22H18Cl2F3NO4.C12H10O6.C3H6O2.CH2Cl2/c2*1-11-7-12(5-6-16(11)19(30)31-20(2,3)4)17-18(29)21(32-28-17,22(25,26)27)13-8-14(23)10-15(24)9-13;1-7(13)16-12(17-8(2)14)10-6-4-3-5-9(10)11(15)18-12;1-3(4)5-2;2-1-3/h5-10,18,29H,1-4H3;5-10H,1-4H3;3-6H,1-2H3;1-2H3;1H2. The molecule has 5 aromatic carbocycles. The fourth-order valence-electron chi connectivity index (χ4n) is 8.28. The second-order valence-corrected chi connectivity index (χ2v) is 23.7. The summed E-state index contributed by atoms with van der Waals surface area (Å²) in [5.74, 6) is -7.14. The Balaban J connectivity index is 0.000000280. The van der Waals surface area contributed by atoms with E-state index in [9.17, 15) is 65.0 Å². The highest BCUT2D eigenvalue weighted by molar-refractivity contribution is 6.49. The van der Waals surface area contributed by atoms with Gasteiger partial charge in [0.1, 0.15) is 16.9 Å². The van der Waals surface area contributed by atoms with Crippen molar-refractivity contribution in [1.82, 2.24) is 0 Å². The number of ketones is 1. The van der Waals surface area contributed by atoms with E-state index in [0.29, 0.717) is 11.1 Å². The van der Waals surface area contributed by atoms with E-state index < -0.39 is 99.3 Å². The molecule has 0 amide bonds. The summed E-state index contributed by atoms with van der Waals surface area (Å²) in [5, 5.41) is 17.7. The molecule has 3 aliphatic heterocycles. The predicted molar refractivity (Wildman–Crippen MR) is 319 cm³/mol. The van der Waals surface area contributed by atoms with Gasteiger partial charge in [0, 0.05) is 63.1 Å². The lowest BCUT2D eigenvalue weighted by Crippen LogP contribution is -2.52. The third kappa shape index (κ3) is 18.1. The van der Waals surface area contributed by atoms with Gasteiger partial charge in [-0.15, -0.1) is 23.2 Å². The largest absolute Gasteiger partial charge is 0.469 e. The smallest absolute Gasteiger partial charge is 0.454 e. The third-order valence-electron chi connectivity index (χ3n) is 11.9. The Hall–Kier alpha value is -7.19. The molecule has 3 heterocycles. The molecule has 0 fully saturated rings. The topological polar surface area (TPSA) is 238 Å². The lowest BCUT2D eigenvalue weighted by atomic mass is 9.83. The number of methoxy groups -OCH3 is 1. The van der Waals surface area contributed by atoms with Gasteiger partial charge in [0.25, 0.3) is 5.60 Å². The maximum Gasteiger partial charge on any atom is 0.454 e. The van der Waals surface area contributed by atoms with Crippen LogP contribution in [-0.2, 0) is 74.4 Å². The highest BCUT2D eigenvalue weighted by Crippen LogP contribution is 2.51. The number of aryl methyl sites for hydroxylation is 2. The van der Waals surface area contributed by atoms with Gasteiger partial charge in [0.15, 0.2) is 11.8 Å². The maximum absolute atomic E-state index is 14.2. The Bertz CT molecular complexity index is 3560. The van der Waals surface area contributed by atoms with Crippen molar-refractivity contribution in [3.05, 3.63) is 173 Å². The number of carbonyl (C=O) groups is 7. The van der Waals surface area contributed by atoms with Gasteiger partial charge in [-0.25, -0.2) is 14.4 Å². The van der Waals surface area contributed by atoms with Crippen molar-refractivity contribution < 1.29 is 103 Å². The quantitative estimate of drug-likeness (QED) is 0.0499. The van der Waals surface area contributed by atoms with Gasteiger partial charge in [-0.05, 0) is 139 Å². The average molecular weight is 1390 g/mol. The Morgan fingerprint density at radius 3 is 1.42 bits per heavy atom. The Kier molecular flexibility index (Phi) is 25.0. The molecule has 0 saturated carbocycles. The molecule has 0 aliphatic carbocycles. The summed E-state index contributed by atoms with van der Waals surface area (Å²) < 4.78 is 114. The van der Waals surface area contributed by atoms with Gasteiger partial charge in [0.05, 0.1) is 34.7 Å². The molecule has 18 nitrogen and oxygen atoms in total. The number of alkyl halides is 8. The zero-order chi connectivity index (χ0) is 68.4. The number of Topliss-reactive ketones (excluding diaryl/α,β-unsaturated/α-hetero) is 1. The lowest BCUT2D eigenvalue weighted by molar-refractivity contribution is -0.324. The summed E-state index contributed by atoms with van der Waals surface area (Å²) in [7, 11) is 1.35. The summed E-state index contributed by atoms with van der Waals surface area (Å²) in [6.45, 7) is 17.0. The van der Waals surface area contributed by atoms with Crippen LogP contribution < -0.4 is 0 Å². The number of aliphatic hydroxyl groups is 1. The molecule has 90 heavy (non-hydrogen) atoms. The Labute approximate surface area is 541 Å². The Morgan fingerprint density at radius 2 is 1.02 bits per heavy atom. The second-order valence-electron chi connectivity index (χ2n) is 21.1. The zero-order valence-corrected chi connectivity index (χ0v) is 54.1. The number of halogens is 12. The van der Waals surface area contributed by atoms with Crippen molar-refractivity contribution >= 4 is 123 Å². The fraction of sp³-hybridized carbons (Fsp3) is 0.350. The van der Waals surface area contributed by atoms with Gasteiger partial charge in [0.2, 0.25) is 5.78 Å². The number of hydrogen-bond donors (Lipinski definition) is 1. The van der Waals surface area contributed by atoms with Crippen LogP contribution in [0.4, 0.5) is 26.3 Å². The monoisotopic (exact) mass is 1380 g/mol. The third-order valence-corrected chi connectivity index (χ3v) is 12.8. The van der Waals surface area contributed by atoms with Crippen LogP contribution in [-0.4, -0.2) is 100 Å². The van der Waals surface area contributed by atoms with Crippen LogP contribution in [0.3, 0.4) is 0 Å². The number of fused-ring (bicyclic) bond motifs is 1. The van der Waals surface area contributed by atoms with Crippen LogP contribution in [0.25, 0.3) is 0 Å². The SMILES string of the molecule is CC(=O)OC1(OC(C)=O)OC(=O)c2ccccc21.COC(C)=O.Cc1cc(C2=NOC(c3cc(Cl)cc(Cl)c3)(C(F)(F)F)C2=O)ccc1C(=O)OC(C)(C)C.Cc1cc(C2=NOC(c3cc(Cl)cc(Cl)c3)(C(F)(F)F)C2O)ccc1C(=O)OC(C)(C)C.ClCCl. The molecule has 3 atom stereocenters. The lowest BCUT2D eigenvalue weighted by Gasteiger charge is -2.32. The number of cyclic esters (lactones) is 1. The number of benzene rings is 5. The Morgan fingerprint density at radius 1 is 0.600 bits per heavy atom. The highest BCUT2D eigenvalue weighted by atomic mass is 35.5. The molecular formula is C60H56Cl6F6N2O16. The van der Waals surface area contributed by atoms with Crippen LogP contribution in [0, 0.1) is 13.8 Å². The summed E-state index contributed by atoms with van der Waals surface area (Å²) in [6, 6.07) is 20.9. The van der Waals surface area contributed by atoms with Crippen LogP contribution in [0.15, 0.2) is 107 Å². The van der Waals surface area contributed by atoms with Crippen molar-refractivity contribution in [3.63, 3.8) is 0 Å². The van der Waals surface area contributed by atoms with E-state index in [4.69, 9.17) is 103 Å². The van der Waals surface area contributed by atoms with Gasteiger partial charge in [-0.1, -0.05) is 81.0 Å². The van der Waals surface area contributed by atoms with Crippen molar-refractivity contribution in [2.75, 3.05) is 12.4 Å².